The lowest BCUT2D eigenvalue weighted by Crippen LogP contribution is -2.41. The van der Waals surface area contributed by atoms with Gasteiger partial charge in [0.05, 0.1) is 18.8 Å². The molecule has 1 aromatic carbocycles. The maximum absolute atomic E-state index is 12.3. The third-order valence-corrected chi connectivity index (χ3v) is 7.37. The number of nitrogens with one attached hydrogen (secondary N) is 3. The van der Waals surface area contributed by atoms with E-state index in [2.05, 4.69) is 32.4 Å². The molecule has 2 rings (SSSR count). The van der Waals surface area contributed by atoms with Gasteiger partial charge in [-0.3, -0.25) is 20.4 Å². The number of unbranched alkanes of at least 4 members (excludes halogenated alkanes) is 4. The molecule has 1 heterocycles. The van der Waals surface area contributed by atoms with Crippen molar-refractivity contribution in [2.45, 2.75) is 76.6 Å². The molecule has 3 atom stereocenters. The fourth-order valence-electron chi connectivity index (χ4n) is 4.52. The highest BCUT2D eigenvalue weighted by Gasteiger charge is 2.21. The second-order valence-corrected chi connectivity index (χ2v) is 11.3. The number of ether oxygens (including phenoxy) is 1. The van der Waals surface area contributed by atoms with Crippen LogP contribution in [0.4, 0.5) is 11.6 Å². The van der Waals surface area contributed by atoms with E-state index >= 15 is 0 Å². The Kier molecular flexibility index (Phi) is 17.4. The van der Waals surface area contributed by atoms with Crippen LogP contribution >= 0.6 is 11.6 Å². The predicted octanol–water partition coefficient (Wildman–Crippen LogP) is 1.30. The van der Waals surface area contributed by atoms with Crippen LogP contribution in [0.15, 0.2) is 24.3 Å². The Morgan fingerprint density at radius 2 is 1.76 bits per heavy atom. The molecule has 0 unspecified atom stereocenters. The third-order valence-electron chi connectivity index (χ3n) is 7.09. The molecule has 252 valence electrons. The average molecular weight is 653 g/mol. The molecule has 11 N–H and O–H groups in total. The van der Waals surface area contributed by atoms with Crippen LogP contribution in [0.5, 0.6) is 5.75 Å². The van der Waals surface area contributed by atoms with Crippen molar-refractivity contribution >= 4 is 35.1 Å². The zero-order valence-corrected chi connectivity index (χ0v) is 26.7. The summed E-state index contributed by atoms with van der Waals surface area (Å²) in [7, 11) is 0. The van der Waals surface area contributed by atoms with Crippen molar-refractivity contribution < 1.29 is 30.0 Å². The number of hydrogen-bond donors (Lipinski definition) is 9. The number of aromatic nitrogens is 2. The van der Waals surface area contributed by atoms with Gasteiger partial charge in [-0.25, -0.2) is 9.97 Å². The number of anilines is 2. The Labute approximate surface area is 269 Å². The van der Waals surface area contributed by atoms with Gasteiger partial charge >= 0.3 is 0 Å². The number of nitrogen functional groups attached to an aromatic ring is 2. The Bertz CT molecular complexity index is 1180. The maximum Gasteiger partial charge on any atom is 0.280 e. The number of carbonyl (C=O) groups is 1. The molecular weight excluding hydrogens is 604 g/mol. The molecule has 0 saturated carbocycles. The first-order chi connectivity index (χ1) is 21.5. The van der Waals surface area contributed by atoms with E-state index in [1.807, 2.05) is 24.3 Å². The van der Waals surface area contributed by atoms with Crippen molar-refractivity contribution in [1.29, 1.82) is 5.41 Å². The first-order valence-electron chi connectivity index (χ1n) is 15.3. The summed E-state index contributed by atoms with van der Waals surface area (Å²) in [6.07, 6.45) is 3.51. The third kappa shape index (κ3) is 14.6. The summed E-state index contributed by atoms with van der Waals surface area (Å²) < 4.78 is 5.95. The Balaban J connectivity index is 1.70. The van der Waals surface area contributed by atoms with E-state index < -0.39 is 30.8 Å². The highest BCUT2D eigenvalue weighted by atomic mass is 35.5. The summed E-state index contributed by atoms with van der Waals surface area (Å²) in [4.78, 5) is 22.0. The second-order valence-electron chi connectivity index (χ2n) is 10.9. The smallest absolute Gasteiger partial charge is 0.280 e. The van der Waals surface area contributed by atoms with Gasteiger partial charge in [0.15, 0.2) is 28.4 Å². The van der Waals surface area contributed by atoms with Crippen LogP contribution < -0.4 is 26.8 Å². The standard InChI is InChI=1S/C30H49ClN8O6/c1-2-3-4-7-14-39(18-21(41)17-23(42)24(43)19-40)15-16-45-22-11-9-20(10-12-22)8-5-6-13-35-30(34)38-29(44)25-27(32)37-28(33)26(31)36-25/h9-12,21,23-24,40-43H,2-8,13-19H2,1H3,(H4,32,33,37)(H3,34,35,38,44)/t21-,23+,24-/m1/s1. The summed E-state index contributed by atoms with van der Waals surface area (Å²) in [6.45, 7) is 4.24. The predicted molar refractivity (Wildman–Crippen MR) is 174 cm³/mol. The zero-order valence-electron chi connectivity index (χ0n) is 25.9. The number of aliphatic hydroxyl groups is 4. The van der Waals surface area contributed by atoms with E-state index in [1.165, 1.54) is 0 Å². The van der Waals surface area contributed by atoms with Crippen LogP contribution in [-0.2, 0) is 6.42 Å². The molecule has 14 nitrogen and oxygen atoms in total. The van der Waals surface area contributed by atoms with Crippen LogP contribution in [0.2, 0.25) is 5.15 Å². The molecule has 1 amide bonds. The van der Waals surface area contributed by atoms with Crippen molar-refractivity contribution in [2.75, 3.05) is 50.9 Å². The van der Waals surface area contributed by atoms with Crippen molar-refractivity contribution in [2.24, 2.45) is 0 Å². The lowest BCUT2D eigenvalue weighted by molar-refractivity contribution is -0.0408. The number of nitrogens with zero attached hydrogens (tertiary/aromatic N) is 3. The van der Waals surface area contributed by atoms with Crippen LogP contribution in [0.1, 0.15) is 67.9 Å². The number of aryl methyl sites for hydroxylation is 1. The monoisotopic (exact) mass is 652 g/mol. The summed E-state index contributed by atoms with van der Waals surface area (Å²) in [6, 6.07) is 7.86. The number of nitrogens with two attached hydrogens (primary N) is 2. The van der Waals surface area contributed by atoms with Crippen molar-refractivity contribution in [3.05, 3.63) is 40.7 Å². The van der Waals surface area contributed by atoms with Gasteiger partial charge in [-0.15, -0.1) is 0 Å². The van der Waals surface area contributed by atoms with Crippen molar-refractivity contribution in [3.63, 3.8) is 0 Å². The molecule has 0 aliphatic rings. The first-order valence-corrected chi connectivity index (χ1v) is 15.7. The van der Waals surface area contributed by atoms with Crippen LogP contribution in [-0.4, -0.2) is 105 Å². The number of guanidine groups is 1. The molecular formula is C30H49ClN8O6. The van der Waals surface area contributed by atoms with Crippen molar-refractivity contribution in [1.82, 2.24) is 25.5 Å². The van der Waals surface area contributed by atoms with E-state index in [1.54, 1.807) is 0 Å². The SMILES string of the molecule is CCCCCCN(CCOc1ccc(CCCCNC(=N)NC(=O)c2nc(Cl)c(N)nc2N)cc1)C[C@H](O)C[C@H](O)[C@H](O)CO. The van der Waals surface area contributed by atoms with Crippen LogP contribution in [0.3, 0.4) is 0 Å². The minimum absolute atomic E-state index is 0.0178. The minimum Gasteiger partial charge on any atom is -0.492 e. The molecule has 2 aromatic rings. The van der Waals surface area contributed by atoms with Gasteiger partial charge in [-0.2, -0.15) is 0 Å². The number of rotatable bonds is 21. The highest BCUT2D eigenvalue weighted by molar-refractivity contribution is 6.31. The quantitative estimate of drug-likeness (QED) is 0.0527. The van der Waals surface area contributed by atoms with Gasteiger partial charge in [0, 0.05) is 26.1 Å². The fraction of sp³-hybridized carbons (Fsp3) is 0.600. The van der Waals surface area contributed by atoms with E-state index in [0.29, 0.717) is 26.2 Å². The first kappa shape index (κ1) is 37.9. The topological polar surface area (TPSA) is 236 Å². The molecule has 0 bridgehead atoms. The second kappa shape index (κ2) is 20.7. The van der Waals surface area contributed by atoms with Gasteiger partial charge in [0.1, 0.15) is 18.5 Å². The largest absolute Gasteiger partial charge is 0.492 e. The molecule has 0 fully saturated rings. The number of benzene rings is 1. The molecule has 0 saturated heterocycles. The lowest BCUT2D eigenvalue weighted by atomic mass is 10.1. The average Bonchev–Trinajstić information content (AvgIpc) is 3.00. The van der Waals surface area contributed by atoms with Crippen LogP contribution in [0, 0.1) is 5.41 Å². The molecule has 0 radical (unpaired) electrons. The molecule has 45 heavy (non-hydrogen) atoms. The van der Waals surface area contributed by atoms with Gasteiger partial charge in [0.2, 0.25) is 0 Å². The summed E-state index contributed by atoms with van der Waals surface area (Å²) in [5.74, 6) is -0.424. The molecule has 0 aliphatic heterocycles. The fourth-order valence-corrected chi connectivity index (χ4v) is 4.65. The molecule has 15 heteroatoms. The number of hydrogen-bond acceptors (Lipinski definition) is 12. The van der Waals surface area contributed by atoms with Crippen LogP contribution in [0.25, 0.3) is 0 Å². The number of halogens is 1. The van der Waals surface area contributed by atoms with Gasteiger partial charge in [-0.1, -0.05) is 49.9 Å². The normalized spacial score (nSPS) is 13.3. The number of aliphatic hydroxyl groups excluding tert-OH is 4. The minimum atomic E-state index is -1.27. The van der Waals surface area contributed by atoms with Gasteiger partial charge in [-0.05, 0) is 49.9 Å². The van der Waals surface area contributed by atoms with E-state index in [4.69, 9.17) is 38.3 Å². The Hall–Kier alpha value is -3.27. The van der Waals surface area contributed by atoms with Gasteiger partial charge in [0.25, 0.3) is 5.91 Å². The molecule has 0 aliphatic carbocycles. The van der Waals surface area contributed by atoms with E-state index in [0.717, 1.165) is 62.8 Å². The molecule has 0 spiro atoms. The maximum atomic E-state index is 12.3. The zero-order chi connectivity index (χ0) is 33.2. The molecule has 1 aromatic heterocycles. The Morgan fingerprint density at radius 3 is 2.44 bits per heavy atom. The Morgan fingerprint density at radius 1 is 1.02 bits per heavy atom. The summed E-state index contributed by atoms with van der Waals surface area (Å²) >= 11 is 5.80. The highest BCUT2D eigenvalue weighted by Crippen LogP contribution is 2.17. The van der Waals surface area contributed by atoms with Crippen molar-refractivity contribution in [3.8, 4) is 5.75 Å². The van der Waals surface area contributed by atoms with E-state index in [-0.39, 0.29) is 34.9 Å². The lowest BCUT2D eigenvalue weighted by Gasteiger charge is -2.27. The number of amides is 1. The number of carbonyl (C=O) groups excluding carboxylic acids is 1. The summed E-state index contributed by atoms with van der Waals surface area (Å²) in [5.41, 5.74) is 12.1. The summed E-state index contributed by atoms with van der Waals surface area (Å²) in [5, 5.41) is 51.9. The van der Waals surface area contributed by atoms with E-state index in [9.17, 15) is 20.1 Å². The van der Waals surface area contributed by atoms with Gasteiger partial charge < -0.3 is 41.9 Å².